The van der Waals surface area contributed by atoms with Crippen LogP contribution in [0.1, 0.15) is 11.4 Å². The monoisotopic (exact) mass is 225 g/mol. The minimum absolute atomic E-state index is 0.411. The molecule has 0 saturated heterocycles. The molecule has 0 amide bonds. The molecule has 0 aliphatic carbocycles. The summed E-state index contributed by atoms with van der Waals surface area (Å²) in [6.45, 7) is 0.607. The summed E-state index contributed by atoms with van der Waals surface area (Å²) in [4.78, 5) is 14.3. The van der Waals surface area contributed by atoms with Crippen LogP contribution in [0.5, 0.6) is 0 Å². The van der Waals surface area contributed by atoms with Gasteiger partial charge in [-0.05, 0) is 12.1 Å². The fourth-order valence-corrected chi connectivity index (χ4v) is 1.43. The molecule has 2 aromatic heterocycles. The standard InChI is InChI=1S/C12H11N5/c1-17(9-11-8-14-5-6-15-11)12-4-2-3-10(7-13)16-12/h2-6,8H,9H2,1H3. The van der Waals surface area contributed by atoms with E-state index in [1.54, 1.807) is 24.7 Å². The van der Waals surface area contributed by atoms with Crippen molar-refractivity contribution in [2.75, 3.05) is 11.9 Å². The molecule has 5 nitrogen and oxygen atoms in total. The maximum atomic E-state index is 8.78. The Balaban J connectivity index is 2.15. The lowest BCUT2D eigenvalue weighted by Gasteiger charge is -2.17. The molecule has 0 spiro atoms. The summed E-state index contributed by atoms with van der Waals surface area (Å²) in [7, 11) is 1.90. The van der Waals surface area contributed by atoms with E-state index < -0.39 is 0 Å². The highest BCUT2D eigenvalue weighted by molar-refractivity contribution is 5.40. The Hall–Kier alpha value is -2.48. The second-order valence-corrected chi connectivity index (χ2v) is 3.55. The third-order valence-corrected chi connectivity index (χ3v) is 2.26. The van der Waals surface area contributed by atoms with Gasteiger partial charge in [-0.1, -0.05) is 6.07 Å². The van der Waals surface area contributed by atoms with Gasteiger partial charge in [-0.25, -0.2) is 4.98 Å². The molecule has 0 atom stereocenters. The number of pyridine rings is 1. The lowest BCUT2D eigenvalue weighted by Crippen LogP contribution is -2.18. The van der Waals surface area contributed by atoms with Gasteiger partial charge >= 0.3 is 0 Å². The SMILES string of the molecule is CN(Cc1cnccn1)c1cccc(C#N)n1. The Morgan fingerprint density at radius 1 is 1.35 bits per heavy atom. The lowest BCUT2D eigenvalue weighted by atomic mass is 10.3. The van der Waals surface area contributed by atoms with Crippen LogP contribution in [0.25, 0.3) is 0 Å². The van der Waals surface area contributed by atoms with Gasteiger partial charge in [0, 0.05) is 19.4 Å². The molecule has 2 rings (SSSR count). The highest BCUT2D eigenvalue weighted by atomic mass is 15.2. The number of rotatable bonds is 3. The molecule has 0 fully saturated rings. The van der Waals surface area contributed by atoms with Gasteiger partial charge in [-0.15, -0.1) is 0 Å². The Labute approximate surface area is 99.4 Å². The maximum Gasteiger partial charge on any atom is 0.142 e. The van der Waals surface area contributed by atoms with Crippen molar-refractivity contribution < 1.29 is 0 Å². The van der Waals surface area contributed by atoms with Gasteiger partial charge in [-0.3, -0.25) is 9.97 Å². The van der Waals surface area contributed by atoms with Crippen LogP contribution in [0.2, 0.25) is 0 Å². The van der Waals surface area contributed by atoms with Crippen LogP contribution in [-0.4, -0.2) is 22.0 Å². The molecule has 0 radical (unpaired) electrons. The summed E-state index contributed by atoms with van der Waals surface area (Å²) in [6.07, 6.45) is 5.00. The average molecular weight is 225 g/mol. The first kappa shape index (κ1) is 11.0. The predicted molar refractivity (Wildman–Crippen MR) is 63.1 cm³/mol. The van der Waals surface area contributed by atoms with E-state index in [0.29, 0.717) is 12.2 Å². The summed E-state index contributed by atoms with van der Waals surface area (Å²) in [5, 5.41) is 8.78. The van der Waals surface area contributed by atoms with Crippen molar-refractivity contribution in [3.05, 3.63) is 48.2 Å². The Morgan fingerprint density at radius 3 is 2.94 bits per heavy atom. The van der Waals surface area contributed by atoms with Crippen molar-refractivity contribution in [1.29, 1.82) is 5.26 Å². The molecule has 0 aliphatic heterocycles. The molecule has 2 aromatic rings. The van der Waals surface area contributed by atoms with E-state index in [1.807, 2.05) is 30.1 Å². The topological polar surface area (TPSA) is 65.7 Å². The van der Waals surface area contributed by atoms with Crippen LogP contribution in [0.15, 0.2) is 36.8 Å². The first-order valence-electron chi connectivity index (χ1n) is 5.13. The van der Waals surface area contributed by atoms with Gasteiger partial charge in [0.25, 0.3) is 0 Å². The van der Waals surface area contributed by atoms with Crippen LogP contribution in [0.3, 0.4) is 0 Å². The van der Waals surface area contributed by atoms with Gasteiger partial charge in [0.2, 0.25) is 0 Å². The maximum absolute atomic E-state index is 8.78. The summed E-state index contributed by atoms with van der Waals surface area (Å²) in [6, 6.07) is 7.37. The molecule has 84 valence electrons. The molecular weight excluding hydrogens is 214 g/mol. The Kier molecular flexibility index (Phi) is 3.26. The summed E-state index contributed by atoms with van der Waals surface area (Å²) < 4.78 is 0. The van der Waals surface area contributed by atoms with Gasteiger partial charge in [0.1, 0.15) is 17.6 Å². The van der Waals surface area contributed by atoms with Gasteiger partial charge in [-0.2, -0.15) is 5.26 Å². The van der Waals surface area contributed by atoms with E-state index in [4.69, 9.17) is 5.26 Å². The number of nitrogens with zero attached hydrogens (tertiary/aromatic N) is 5. The van der Waals surface area contributed by atoms with Crippen molar-refractivity contribution in [1.82, 2.24) is 15.0 Å². The summed E-state index contributed by atoms with van der Waals surface area (Å²) >= 11 is 0. The Morgan fingerprint density at radius 2 is 2.24 bits per heavy atom. The molecule has 0 aromatic carbocycles. The van der Waals surface area contributed by atoms with Crippen LogP contribution in [0, 0.1) is 11.3 Å². The number of nitriles is 1. The van der Waals surface area contributed by atoms with E-state index in [-0.39, 0.29) is 0 Å². The fourth-order valence-electron chi connectivity index (χ4n) is 1.43. The molecule has 17 heavy (non-hydrogen) atoms. The second-order valence-electron chi connectivity index (χ2n) is 3.55. The summed E-state index contributed by atoms with van der Waals surface area (Å²) in [5.74, 6) is 0.745. The van der Waals surface area contributed by atoms with Crippen LogP contribution >= 0.6 is 0 Å². The molecule has 0 N–H and O–H groups in total. The largest absolute Gasteiger partial charge is 0.354 e. The number of aromatic nitrogens is 3. The smallest absolute Gasteiger partial charge is 0.142 e. The summed E-state index contributed by atoms with van der Waals surface area (Å²) in [5.41, 5.74) is 1.27. The third kappa shape index (κ3) is 2.75. The van der Waals surface area contributed by atoms with Gasteiger partial charge < -0.3 is 4.90 Å². The van der Waals surface area contributed by atoms with Crippen LogP contribution in [0.4, 0.5) is 5.82 Å². The number of hydrogen-bond acceptors (Lipinski definition) is 5. The van der Waals surface area contributed by atoms with Crippen LogP contribution in [-0.2, 0) is 6.54 Å². The number of hydrogen-bond donors (Lipinski definition) is 0. The molecule has 5 heteroatoms. The minimum atomic E-state index is 0.411. The van der Waals surface area contributed by atoms with Crippen molar-refractivity contribution in [3.63, 3.8) is 0 Å². The first-order chi connectivity index (χ1) is 8.29. The zero-order valence-electron chi connectivity index (χ0n) is 9.41. The second kappa shape index (κ2) is 5.03. The van der Waals surface area contributed by atoms with E-state index in [2.05, 4.69) is 15.0 Å². The fraction of sp³-hybridized carbons (Fsp3) is 0.167. The minimum Gasteiger partial charge on any atom is -0.354 e. The molecule has 0 aliphatic rings. The molecule has 0 unspecified atom stereocenters. The van der Waals surface area contributed by atoms with Crippen LogP contribution < -0.4 is 4.90 Å². The first-order valence-corrected chi connectivity index (χ1v) is 5.13. The molecule has 2 heterocycles. The third-order valence-electron chi connectivity index (χ3n) is 2.26. The van der Waals surface area contributed by atoms with E-state index >= 15 is 0 Å². The van der Waals surface area contributed by atoms with E-state index in [9.17, 15) is 0 Å². The molecule has 0 bridgehead atoms. The van der Waals surface area contributed by atoms with E-state index in [1.165, 1.54) is 0 Å². The van der Waals surface area contributed by atoms with Crippen molar-refractivity contribution in [2.24, 2.45) is 0 Å². The average Bonchev–Trinajstić information content (AvgIpc) is 2.40. The zero-order valence-corrected chi connectivity index (χ0v) is 9.41. The molecule has 0 saturated carbocycles. The van der Waals surface area contributed by atoms with Crippen molar-refractivity contribution in [2.45, 2.75) is 6.54 Å². The highest BCUT2D eigenvalue weighted by Gasteiger charge is 2.05. The highest BCUT2D eigenvalue weighted by Crippen LogP contribution is 2.11. The number of anilines is 1. The quantitative estimate of drug-likeness (QED) is 0.789. The normalized spacial score (nSPS) is 9.65. The molecular formula is C12H11N5. The van der Waals surface area contributed by atoms with Crippen molar-refractivity contribution >= 4 is 5.82 Å². The lowest BCUT2D eigenvalue weighted by molar-refractivity contribution is 0.854. The van der Waals surface area contributed by atoms with Gasteiger partial charge in [0.15, 0.2) is 0 Å². The Bertz CT molecular complexity index is 532. The predicted octanol–water partition coefficient (Wildman–Crippen LogP) is 1.38. The van der Waals surface area contributed by atoms with E-state index in [0.717, 1.165) is 11.5 Å². The van der Waals surface area contributed by atoms with Gasteiger partial charge in [0.05, 0.1) is 18.4 Å². The van der Waals surface area contributed by atoms with Crippen molar-refractivity contribution in [3.8, 4) is 6.07 Å². The zero-order chi connectivity index (χ0) is 12.1.